The second-order valence-corrected chi connectivity index (χ2v) is 16.8. The first-order valence-corrected chi connectivity index (χ1v) is 17.5. The van der Waals surface area contributed by atoms with Gasteiger partial charge in [0.2, 0.25) is 23.6 Å². The van der Waals surface area contributed by atoms with Crippen molar-refractivity contribution in [1.82, 2.24) is 4.90 Å². The number of anilines is 1. The van der Waals surface area contributed by atoms with Gasteiger partial charge in [0.25, 0.3) is 0 Å². The van der Waals surface area contributed by atoms with Crippen LogP contribution in [0.5, 0.6) is 11.5 Å². The zero-order valence-corrected chi connectivity index (χ0v) is 27.5. The lowest BCUT2D eigenvalue weighted by molar-refractivity contribution is -0.159. The van der Waals surface area contributed by atoms with E-state index in [4.69, 9.17) is 4.74 Å². The van der Waals surface area contributed by atoms with Gasteiger partial charge in [-0.15, -0.1) is 0 Å². The molecule has 2 aliphatic heterocycles. The number of carbonyl (C=O) groups is 5. The quantitative estimate of drug-likeness (QED) is 0.389. The van der Waals surface area contributed by atoms with Crippen molar-refractivity contribution in [1.29, 1.82) is 0 Å². The van der Waals surface area contributed by atoms with Gasteiger partial charge in [0.15, 0.2) is 0 Å². The molecule has 244 valence electrons. The number of rotatable bonds is 3. The van der Waals surface area contributed by atoms with Gasteiger partial charge in [0, 0.05) is 17.9 Å². The van der Waals surface area contributed by atoms with E-state index in [0.717, 1.165) is 32.1 Å². The van der Waals surface area contributed by atoms with Crippen molar-refractivity contribution in [2.45, 2.75) is 71.1 Å². The number of ketones is 1. The van der Waals surface area contributed by atoms with E-state index in [9.17, 15) is 24.0 Å². The normalized spacial score (nSPS) is 40.0. The van der Waals surface area contributed by atoms with Crippen molar-refractivity contribution in [3.05, 3.63) is 54.1 Å². The first-order valence-electron chi connectivity index (χ1n) is 17.5. The van der Waals surface area contributed by atoms with Gasteiger partial charge < -0.3 is 4.74 Å². The lowest BCUT2D eigenvalue weighted by atomic mass is 9.48. The lowest BCUT2D eigenvalue weighted by Gasteiger charge is -2.52. The van der Waals surface area contributed by atoms with E-state index in [1.165, 1.54) is 15.4 Å². The number of likely N-dealkylation sites (tertiary alicyclic amines) is 1. The summed E-state index contributed by atoms with van der Waals surface area (Å²) < 4.78 is 6.07. The highest BCUT2D eigenvalue weighted by Crippen LogP contribution is 2.74. The van der Waals surface area contributed by atoms with Crippen LogP contribution in [0.3, 0.4) is 0 Å². The summed E-state index contributed by atoms with van der Waals surface area (Å²) in [7, 11) is 1.58. The Hall–Kier alpha value is -3.81. The fourth-order valence-electron chi connectivity index (χ4n) is 12.1. The molecular weight excluding hydrogens is 592 g/mol. The maximum absolute atomic E-state index is 15.0. The average molecular weight is 635 g/mol. The Labute approximate surface area is 275 Å². The number of imide groups is 2. The zero-order valence-electron chi connectivity index (χ0n) is 27.5. The minimum Gasteiger partial charge on any atom is -0.457 e. The molecule has 8 heteroatoms. The van der Waals surface area contributed by atoms with Crippen molar-refractivity contribution >= 4 is 35.1 Å². The minimum absolute atomic E-state index is 0.0105. The molecule has 9 rings (SSSR count). The maximum Gasteiger partial charge on any atom is 0.238 e. The van der Waals surface area contributed by atoms with Crippen molar-refractivity contribution in [2.75, 3.05) is 11.9 Å². The van der Waals surface area contributed by atoms with Crippen LogP contribution >= 0.6 is 0 Å². The Balaban J connectivity index is 0.956. The van der Waals surface area contributed by atoms with E-state index in [0.29, 0.717) is 30.0 Å². The van der Waals surface area contributed by atoms with E-state index in [1.54, 1.807) is 31.3 Å². The third kappa shape index (κ3) is 3.67. The number of benzene rings is 2. The average Bonchev–Trinajstić information content (AvgIpc) is 3.87. The summed E-state index contributed by atoms with van der Waals surface area (Å²) in [5.74, 6) is -0.601. The Morgan fingerprint density at radius 2 is 1.13 bits per heavy atom. The monoisotopic (exact) mass is 634 g/mol. The third-order valence-electron chi connectivity index (χ3n) is 13.9. The highest BCUT2D eigenvalue weighted by atomic mass is 16.5. The predicted molar refractivity (Wildman–Crippen MR) is 172 cm³/mol. The van der Waals surface area contributed by atoms with Gasteiger partial charge in [-0.25, -0.2) is 0 Å². The second-order valence-electron chi connectivity index (χ2n) is 16.8. The van der Waals surface area contributed by atoms with Crippen molar-refractivity contribution in [3.63, 3.8) is 0 Å². The molecule has 4 amide bonds. The molecule has 10 atom stereocenters. The highest BCUT2D eigenvalue weighted by Gasteiger charge is 2.76. The van der Waals surface area contributed by atoms with Crippen LogP contribution in [0, 0.1) is 58.2 Å². The second kappa shape index (κ2) is 9.42. The van der Waals surface area contributed by atoms with E-state index < -0.39 is 16.7 Å². The SMILES string of the molecule is CN1C(=O)C2C3CC(C2C1=O)C1(CCCC2(CC4CC2C2C(=O)N(c5ccc(Oc6ccc(C(C)(C)C)cc6)cc5)C(=O)C42)C1=O)C3. The van der Waals surface area contributed by atoms with Crippen LogP contribution in [0.25, 0.3) is 0 Å². The summed E-state index contributed by atoms with van der Waals surface area (Å²) >= 11 is 0. The number of fused-ring (bicyclic) bond motifs is 12. The molecule has 7 fully saturated rings. The molecule has 4 bridgehead atoms. The number of carbonyl (C=O) groups excluding carboxylic acids is 5. The number of amides is 4. The fraction of sp³-hybridized carbons (Fsp3) is 0.564. The van der Waals surface area contributed by atoms with Gasteiger partial charge >= 0.3 is 0 Å². The Morgan fingerprint density at radius 3 is 1.68 bits per heavy atom. The van der Waals surface area contributed by atoms with Gasteiger partial charge in [0.1, 0.15) is 17.3 Å². The van der Waals surface area contributed by atoms with Crippen LogP contribution in [0.2, 0.25) is 0 Å². The molecule has 47 heavy (non-hydrogen) atoms. The van der Waals surface area contributed by atoms with Crippen LogP contribution < -0.4 is 9.64 Å². The Morgan fingerprint density at radius 1 is 0.660 bits per heavy atom. The number of ether oxygens (including phenoxy) is 1. The topological polar surface area (TPSA) is 101 Å². The fourth-order valence-corrected chi connectivity index (χ4v) is 12.1. The van der Waals surface area contributed by atoms with Crippen molar-refractivity contribution in [3.8, 4) is 11.5 Å². The van der Waals surface area contributed by atoms with Crippen LogP contribution in [0.4, 0.5) is 5.69 Å². The molecule has 0 aromatic heterocycles. The standard InChI is InChI=1S/C39H42N2O6/c1-37(2,3)22-6-10-24(11-7-22)47-25-12-8-23(9-13-25)41-34(44)29-21-17-27(31(29)35(41)45)39(19-21)15-5-14-38(36(39)46)18-20-16-26(38)30-28(20)32(42)40(4)33(30)43/h6-13,20-21,26-31H,5,14-19H2,1-4H3. The molecule has 7 aliphatic rings. The van der Waals surface area contributed by atoms with Crippen LogP contribution in [-0.4, -0.2) is 41.4 Å². The zero-order chi connectivity index (χ0) is 32.8. The third-order valence-corrected chi connectivity index (χ3v) is 13.9. The van der Waals surface area contributed by atoms with Gasteiger partial charge in [-0.3, -0.25) is 33.8 Å². The number of nitrogens with zero attached hydrogens (tertiary/aromatic N) is 2. The van der Waals surface area contributed by atoms with Crippen LogP contribution in [-0.2, 0) is 29.4 Å². The molecular formula is C39H42N2O6. The van der Waals surface area contributed by atoms with E-state index in [-0.39, 0.29) is 76.3 Å². The molecule has 5 saturated carbocycles. The van der Waals surface area contributed by atoms with Gasteiger partial charge in [-0.1, -0.05) is 39.3 Å². The summed E-state index contributed by atoms with van der Waals surface area (Å²) in [4.78, 5) is 71.9. The number of hydrogen-bond acceptors (Lipinski definition) is 6. The molecule has 2 saturated heterocycles. The van der Waals surface area contributed by atoms with Gasteiger partial charge in [-0.2, -0.15) is 0 Å². The Bertz CT molecular complexity index is 1760. The summed E-state index contributed by atoms with van der Waals surface area (Å²) in [6.45, 7) is 6.50. The number of hydrogen-bond donors (Lipinski definition) is 0. The highest BCUT2D eigenvalue weighted by molar-refractivity contribution is 6.23. The predicted octanol–water partition coefficient (Wildman–Crippen LogP) is 5.92. The lowest BCUT2D eigenvalue weighted by Crippen LogP contribution is -2.56. The van der Waals surface area contributed by atoms with Gasteiger partial charge in [-0.05, 0) is 110 Å². The molecule has 0 N–H and O–H groups in total. The maximum atomic E-state index is 15.0. The van der Waals surface area contributed by atoms with E-state index >= 15 is 0 Å². The molecule has 0 radical (unpaired) electrons. The first-order chi connectivity index (χ1) is 22.4. The molecule has 5 aliphatic carbocycles. The summed E-state index contributed by atoms with van der Waals surface area (Å²) in [5.41, 5.74) is 0.604. The van der Waals surface area contributed by atoms with Gasteiger partial charge in [0.05, 0.1) is 29.4 Å². The van der Waals surface area contributed by atoms with E-state index in [2.05, 4.69) is 32.9 Å². The summed E-state index contributed by atoms with van der Waals surface area (Å²) in [6.07, 6.45) is 5.26. The Kier molecular flexibility index (Phi) is 5.88. The van der Waals surface area contributed by atoms with Crippen molar-refractivity contribution < 1.29 is 28.7 Å². The molecule has 8 nitrogen and oxygen atoms in total. The molecule has 2 aromatic rings. The minimum atomic E-state index is -0.617. The van der Waals surface area contributed by atoms with Crippen molar-refractivity contribution in [2.24, 2.45) is 58.2 Å². The molecule has 2 heterocycles. The summed E-state index contributed by atoms with van der Waals surface area (Å²) in [6, 6.07) is 15.2. The van der Waals surface area contributed by atoms with Crippen LogP contribution in [0.1, 0.15) is 71.3 Å². The molecule has 2 spiro atoms. The number of Topliss-reactive ketones (excluding diaryl/α,β-unsaturated/α-hetero) is 1. The smallest absolute Gasteiger partial charge is 0.238 e. The molecule has 2 aromatic carbocycles. The first kappa shape index (κ1) is 29.3. The van der Waals surface area contributed by atoms with Crippen LogP contribution in [0.15, 0.2) is 48.5 Å². The summed E-state index contributed by atoms with van der Waals surface area (Å²) in [5, 5.41) is 0. The van der Waals surface area contributed by atoms with E-state index in [1.807, 2.05) is 12.1 Å². The largest absolute Gasteiger partial charge is 0.457 e. The molecule has 10 unspecified atom stereocenters.